The third-order valence-corrected chi connectivity index (χ3v) is 4.48. The van der Waals surface area contributed by atoms with Gasteiger partial charge in [0.1, 0.15) is 0 Å². The van der Waals surface area contributed by atoms with E-state index in [1.165, 1.54) is 0 Å². The first-order valence-corrected chi connectivity index (χ1v) is 8.67. The average molecular weight is 368 g/mol. The van der Waals surface area contributed by atoms with E-state index >= 15 is 0 Å². The summed E-state index contributed by atoms with van der Waals surface area (Å²) in [5.41, 5.74) is 0.670. The van der Waals surface area contributed by atoms with E-state index in [1.54, 1.807) is 12.1 Å². The summed E-state index contributed by atoms with van der Waals surface area (Å²) >= 11 is 0. The largest absolute Gasteiger partial charge is 0.339 e. The first kappa shape index (κ1) is 21.5. The van der Waals surface area contributed by atoms with Crippen LogP contribution in [0.2, 0.25) is 0 Å². The molecular weight excluding hydrogens is 338 g/mol. The number of nitrogens with zero attached hydrogens (tertiary/aromatic N) is 1. The van der Waals surface area contributed by atoms with Crippen LogP contribution in [0.4, 0.5) is 5.69 Å². The molecule has 25 heavy (non-hydrogen) atoms. The summed E-state index contributed by atoms with van der Waals surface area (Å²) in [5, 5.41) is 6.11. The number of para-hydroxylation sites is 1. The molecule has 0 radical (unpaired) electrons. The molecule has 1 aromatic rings. The Kier molecular flexibility index (Phi) is 7.90. The number of hydrogen-bond acceptors (Lipinski definition) is 3. The molecule has 2 amide bonds. The van der Waals surface area contributed by atoms with Gasteiger partial charge in [-0.2, -0.15) is 0 Å². The number of halogens is 1. The third kappa shape index (κ3) is 5.72. The van der Waals surface area contributed by atoms with Crippen LogP contribution < -0.4 is 10.6 Å². The van der Waals surface area contributed by atoms with Crippen molar-refractivity contribution in [2.24, 2.45) is 11.3 Å². The van der Waals surface area contributed by atoms with Crippen LogP contribution in [-0.4, -0.2) is 43.4 Å². The monoisotopic (exact) mass is 367 g/mol. The second-order valence-corrected chi connectivity index (χ2v) is 7.54. The SMILES string of the molecule is CNCC1CCN(C(=O)c2ccccc2NC(=O)C(C)(C)C)CC1.Cl. The minimum absolute atomic E-state index is 0. The number of benzene rings is 1. The van der Waals surface area contributed by atoms with E-state index in [2.05, 4.69) is 10.6 Å². The van der Waals surface area contributed by atoms with Crippen LogP contribution in [0.5, 0.6) is 0 Å². The molecule has 0 unspecified atom stereocenters. The fourth-order valence-electron chi connectivity index (χ4n) is 2.89. The molecule has 0 spiro atoms. The van der Waals surface area contributed by atoms with Gasteiger partial charge in [-0.1, -0.05) is 32.9 Å². The number of hydrogen-bond donors (Lipinski definition) is 2. The van der Waals surface area contributed by atoms with Crippen LogP contribution in [0.3, 0.4) is 0 Å². The zero-order valence-electron chi connectivity index (χ0n) is 15.6. The molecular formula is C19H30ClN3O2. The number of carbonyl (C=O) groups excluding carboxylic acids is 2. The molecule has 0 atom stereocenters. The maximum atomic E-state index is 12.9. The van der Waals surface area contributed by atoms with Crippen molar-refractivity contribution < 1.29 is 9.59 Å². The minimum Gasteiger partial charge on any atom is -0.339 e. The second kappa shape index (κ2) is 9.20. The predicted molar refractivity (Wildman–Crippen MR) is 104 cm³/mol. The molecule has 0 bridgehead atoms. The second-order valence-electron chi connectivity index (χ2n) is 7.54. The summed E-state index contributed by atoms with van der Waals surface area (Å²) < 4.78 is 0. The van der Waals surface area contributed by atoms with Crippen LogP contribution in [0.1, 0.15) is 44.0 Å². The van der Waals surface area contributed by atoms with Crippen molar-refractivity contribution in [1.82, 2.24) is 10.2 Å². The van der Waals surface area contributed by atoms with Gasteiger partial charge in [-0.05, 0) is 44.5 Å². The highest BCUT2D eigenvalue weighted by molar-refractivity contribution is 6.04. The first-order chi connectivity index (χ1) is 11.3. The molecule has 6 heteroatoms. The third-order valence-electron chi connectivity index (χ3n) is 4.48. The van der Waals surface area contributed by atoms with E-state index in [-0.39, 0.29) is 24.2 Å². The molecule has 0 aliphatic carbocycles. The summed E-state index contributed by atoms with van der Waals surface area (Å²) in [6.45, 7) is 8.12. The molecule has 1 aromatic carbocycles. The summed E-state index contributed by atoms with van der Waals surface area (Å²) in [7, 11) is 1.96. The number of amides is 2. The maximum Gasteiger partial charge on any atom is 0.255 e. The quantitative estimate of drug-likeness (QED) is 0.859. The Morgan fingerprint density at radius 3 is 2.32 bits per heavy atom. The molecule has 1 aliphatic heterocycles. The van der Waals surface area contributed by atoms with Crippen molar-refractivity contribution >= 4 is 29.9 Å². The predicted octanol–water partition coefficient (Wildman–Crippen LogP) is 3.16. The Hall–Kier alpha value is -1.59. The lowest BCUT2D eigenvalue weighted by Gasteiger charge is -2.32. The fourth-order valence-corrected chi connectivity index (χ4v) is 2.89. The van der Waals surface area contributed by atoms with E-state index in [0.717, 1.165) is 32.5 Å². The van der Waals surface area contributed by atoms with Gasteiger partial charge in [-0.15, -0.1) is 12.4 Å². The Morgan fingerprint density at radius 2 is 1.76 bits per heavy atom. The molecule has 1 aliphatic rings. The van der Waals surface area contributed by atoms with Crippen LogP contribution in [0.25, 0.3) is 0 Å². The normalized spacial score (nSPS) is 15.4. The lowest BCUT2D eigenvalue weighted by Crippen LogP contribution is -2.40. The minimum atomic E-state index is -0.498. The lowest BCUT2D eigenvalue weighted by molar-refractivity contribution is -0.123. The summed E-state index contributed by atoms with van der Waals surface area (Å²) in [6, 6.07) is 7.27. The van der Waals surface area contributed by atoms with E-state index in [9.17, 15) is 9.59 Å². The van der Waals surface area contributed by atoms with Gasteiger partial charge in [0.05, 0.1) is 11.3 Å². The van der Waals surface area contributed by atoms with Crippen LogP contribution in [-0.2, 0) is 4.79 Å². The van der Waals surface area contributed by atoms with E-state index in [4.69, 9.17) is 0 Å². The molecule has 1 heterocycles. The highest BCUT2D eigenvalue weighted by Gasteiger charge is 2.26. The van der Waals surface area contributed by atoms with Gasteiger partial charge in [0.25, 0.3) is 5.91 Å². The number of piperidine rings is 1. The molecule has 2 N–H and O–H groups in total. The highest BCUT2D eigenvalue weighted by atomic mass is 35.5. The van der Waals surface area contributed by atoms with E-state index in [0.29, 0.717) is 17.2 Å². The Bertz CT molecular complexity index is 591. The number of likely N-dealkylation sites (tertiary alicyclic amines) is 1. The molecule has 1 fully saturated rings. The number of rotatable bonds is 4. The van der Waals surface area contributed by atoms with Gasteiger partial charge < -0.3 is 15.5 Å². The van der Waals surface area contributed by atoms with Crippen molar-refractivity contribution in [3.8, 4) is 0 Å². The van der Waals surface area contributed by atoms with Gasteiger partial charge in [-0.3, -0.25) is 9.59 Å². The Morgan fingerprint density at radius 1 is 1.16 bits per heavy atom. The maximum absolute atomic E-state index is 12.9. The van der Waals surface area contributed by atoms with Crippen molar-refractivity contribution in [3.05, 3.63) is 29.8 Å². The smallest absolute Gasteiger partial charge is 0.255 e. The van der Waals surface area contributed by atoms with Gasteiger partial charge >= 0.3 is 0 Å². The summed E-state index contributed by atoms with van der Waals surface area (Å²) in [5.74, 6) is 0.549. The standard InChI is InChI=1S/C19H29N3O2.ClH/c1-19(2,3)18(24)21-16-8-6-5-7-15(16)17(23)22-11-9-14(10-12-22)13-20-4;/h5-8,14,20H,9-13H2,1-4H3,(H,21,24);1H. The molecule has 5 nitrogen and oxygen atoms in total. The van der Waals surface area contributed by atoms with Gasteiger partial charge in [-0.25, -0.2) is 0 Å². The van der Waals surface area contributed by atoms with Crippen molar-refractivity contribution in [2.45, 2.75) is 33.6 Å². The van der Waals surface area contributed by atoms with E-state index in [1.807, 2.05) is 44.9 Å². The molecule has 0 aromatic heterocycles. The highest BCUT2D eigenvalue weighted by Crippen LogP contribution is 2.24. The molecule has 2 rings (SSSR count). The van der Waals surface area contributed by atoms with Gasteiger partial charge in [0, 0.05) is 18.5 Å². The average Bonchev–Trinajstić information content (AvgIpc) is 2.55. The van der Waals surface area contributed by atoms with Crippen LogP contribution in [0, 0.1) is 11.3 Å². The fraction of sp³-hybridized carbons (Fsp3) is 0.579. The zero-order valence-corrected chi connectivity index (χ0v) is 16.4. The molecule has 140 valence electrons. The van der Waals surface area contributed by atoms with Crippen LogP contribution >= 0.6 is 12.4 Å². The summed E-state index contributed by atoms with van der Waals surface area (Å²) in [4.78, 5) is 27.0. The molecule has 0 saturated carbocycles. The lowest BCUT2D eigenvalue weighted by atomic mass is 9.95. The van der Waals surface area contributed by atoms with Gasteiger partial charge in [0.15, 0.2) is 0 Å². The first-order valence-electron chi connectivity index (χ1n) is 8.67. The number of nitrogens with one attached hydrogen (secondary N) is 2. The van der Waals surface area contributed by atoms with Crippen molar-refractivity contribution in [2.75, 3.05) is 32.0 Å². The van der Waals surface area contributed by atoms with E-state index < -0.39 is 5.41 Å². The Labute approximate surface area is 157 Å². The van der Waals surface area contributed by atoms with Crippen molar-refractivity contribution in [3.63, 3.8) is 0 Å². The zero-order chi connectivity index (χ0) is 17.7. The summed E-state index contributed by atoms with van der Waals surface area (Å²) in [6.07, 6.45) is 2.03. The molecule has 1 saturated heterocycles. The number of carbonyl (C=O) groups is 2. The Balaban J connectivity index is 0.00000312. The number of anilines is 1. The topological polar surface area (TPSA) is 61.4 Å². The van der Waals surface area contributed by atoms with Crippen LogP contribution in [0.15, 0.2) is 24.3 Å². The van der Waals surface area contributed by atoms with Gasteiger partial charge in [0.2, 0.25) is 5.91 Å². The van der Waals surface area contributed by atoms with Crippen molar-refractivity contribution in [1.29, 1.82) is 0 Å².